The van der Waals surface area contributed by atoms with Gasteiger partial charge in [0.2, 0.25) is 0 Å². The number of fused-ring (bicyclic) bond motifs is 1. The summed E-state index contributed by atoms with van der Waals surface area (Å²) in [5, 5.41) is 9.40. The maximum Gasteiger partial charge on any atom is 0.168 e. The van der Waals surface area contributed by atoms with Gasteiger partial charge in [0, 0.05) is 12.7 Å². The topological polar surface area (TPSA) is 34.0 Å². The zero-order valence-electron chi connectivity index (χ0n) is 13.4. The van der Waals surface area contributed by atoms with Crippen LogP contribution in [0.15, 0.2) is 84.9 Å². The molecule has 0 saturated carbocycles. The second kappa shape index (κ2) is 6.16. The Balaban J connectivity index is 1.84. The SMILES string of the molecule is CN(c1ccccc1)C(c1ccccc1)n1nc2ccccc2n1. The van der Waals surface area contributed by atoms with Crippen LogP contribution in [0.4, 0.5) is 5.69 Å². The van der Waals surface area contributed by atoms with Crippen molar-refractivity contribution in [2.45, 2.75) is 6.17 Å². The van der Waals surface area contributed by atoms with Gasteiger partial charge in [0.25, 0.3) is 0 Å². The van der Waals surface area contributed by atoms with E-state index < -0.39 is 0 Å². The lowest BCUT2D eigenvalue weighted by atomic mass is 10.1. The Morgan fingerprint density at radius 3 is 1.79 bits per heavy atom. The van der Waals surface area contributed by atoms with Gasteiger partial charge in [0.15, 0.2) is 6.17 Å². The maximum absolute atomic E-state index is 4.70. The number of para-hydroxylation sites is 1. The Hall–Kier alpha value is -3.14. The zero-order chi connectivity index (χ0) is 16.4. The summed E-state index contributed by atoms with van der Waals surface area (Å²) in [5.74, 6) is 0. The van der Waals surface area contributed by atoms with E-state index in [-0.39, 0.29) is 6.17 Å². The molecule has 1 aromatic heterocycles. The molecule has 3 aromatic carbocycles. The molecule has 0 saturated heterocycles. The van der Waals surface area contributed by atoms with Gasteiger partial charge in [0.05, 0.1) is 0 Å². The fraction of sp³-hybridized carbons (Fsp3) is 0.100. The van der Waals surface area contributed by atoms with E-state index >= 15 is 0 Å². The van der Waals surface area contributed by atoms with E-state index in [1.54, 1.807) is 4.80 Å². The molecular formula is C20H18N4. The molecule has 4 rings (SSSR count). The quantitative estimate of drug-likeness (QED) is 0.568. The number of aromatic nitrogens is 3. The molecule has 1 atom stereocenters. The first-order valence-corrected chi connectivity index (χ1v) is 7.97. The Bertz CT molecular complexity index is 898. The van der Waals surface area contributed by atoms with Crippen molar-refractivity contribution in [1.82, 2.24) is 15.0 Å². The highest BCUT2D eigenvalue weighted by Crippen LogP contribution is 2.26. The molecule has 0 spiro atoms. The predicted octanol–water partition coefficient (Wildman–Crippen LogP) is 4.11. The first kappa shape index (κ1) is 14.5. The van der Waals surface area contributed by atoms with Crippen molar-refractivity contribution >= 4 is 16.7 Å². The van der Waals surface area contributed by atoms with Gasteiger partial charge in [-0.1, -0.05) is 60.7 Å². The van der Waals surface area contributed by atoms with Gasteiger partial charge in [0.1, 0.15) is 11.0 Å². The molecule has 0 aliphatic carbocycles. The fourth-order valence-corrected chi connectivity index (χ4v) is 2.93. The van der Waals surface area contributed by atoms with Gasteiger partial charge in [-0.2, -0.15) is 15.0 Å². The average molecular weight is 314 g/mol. The third-order valence-electron chi connectivity index (χ3n) is 4.15. The summed E-state index contributed by atoms with van der Waals surface area (Å²) < 4.78 is 0. The summed E-state index contributed by atoms with van der Waals surface area (Å²) in [6, 6.07) is 28.6. The van der Waals surface area contributed by atoms with E-state index in [1.165, 1.54) is 0 Å². The molecule has 4 heteroatoms. The lowest BCUT2D eigenvalue weighted by molar-refractivity contribution is 0.461. The van der Waals surface area contributed by atoms with Crippen LogP contribution in [0.2, 0.25) is 0 Å². The van der Waals surface area contributed by atoms with Crippen molar-refractivity contribution < 1.29 is 0 Å². The first-order chi connectivity index (χ1) is 11.8. The van der Waals surface area contributed by atoms with Crippen molar-refractivity contribution in [2.75, 3.05) is 11.9 Å². The summed E-state index contributed by atoms with van der Waals surface area (Å²) in [7, 11) is 2.07. The van der Waals surface area contributed by atoms with Crippen LogP contribution < -0.4 is 4.90 Å². The second-order valence-electron chi connectivity index (χ2n) is 5.74. The van der Waals surface area contributed by atoms with Gasteiger partial charge in [-0.25, -0.2) is 0 Å². The Kier molecular flexibility index (Phi) is 3.71. The van der Waals surface area contributed by atoms with Gasteiger partial charge < -0.3 is 4.90 Å². The molecule has 118 valence electrons. The van der Waals surface area contributed by atoms with Crippen molar-refractivity contribution in [3.05, 3.63) is 90.5 Å². The molecule has 0 amide bonds. The molecule has 0 aliphatic rings. The number of hydrogen-bond acceptors (Lipinski definition) is 3. The molecule has 4 nitrogen and oxygen atoms in total. The fourth-order valence-electron chi connectivity index (χ4n) is 2.93. The summed E-state index contributed by atoms with van der Waals surface area (Å²) in [5.41, 5.74) is 4.07. The van der Waals surface area contributed by atoms with Crippen LogP contribution in [0.25, 0.3) is 11.0 Å². The summed E-state index contributed by atoms with van der Waals surface area (Å²) in [4.78, 5) is 3.99. The van der Waals surface area contributed by atoms with Crippen molar-refractivity contribution in [3.8, 4) is 0 Å². The monoisotopic (exact) mass is 314 g/mol. The van der Waals surface area contributed by atoms with E-state index in [0.29, 0.717) is 0 Å². The predicted molar refractivity (Wildman–Crippen MR) is 97.0 cm³/mol. The average Bonchev–Trinajstić information content (AvgIpc) is 3.07. The van der Waals surface area contributed by atoms with Crippen LogP contribution in [-0.2, 0) is 0 Å². The lowest BCUT2D eigenvalue weighted by Gasteiger charge is -2.29. The third kappa shape index (κ3) is 2.63. The largest absolute Gasteiger partial charge is 0.348 e. The van der Waals surface area contributed by atoms with Crippen LogP contribution in [0, 0.1) is 0 Å². The van der Waals surface area contributed by atoms with Gasteiger partial charge >= 0.3 is 0 Å². The minimum absolute atomic E-state index is 0.110. The van der Waals surface area contributed by atoms with Crippen molar-refractivity contribution in [3.63, 3.8) is 0 Å². The van der Waals surface area contributed by atoms with Crippen LogP contribution in [0.1, 0.15) is 11.7 Å². The molecule has 0 N–H and O–H groups in total. The standard InChI is InChI=1S/C20H18N4/c1-23(17-12-6-3-7-13-17)20(16-10-4-2-5-11-16)24-21-18-14-8-9-15-19(18)22-24/h2-15,20H,1H3. The highest BCUT2D eigenvalue weighted by molar-refractivity contribution is 5.73. The van der Waals surface area contributed by atoms with Crippen molar-refractivity contribution in [1.29, 1.82) is 0 Å². The van der Waals surface area contributed by atoms with Crippen LogP contribution in [0.5, 0.6) is 0 Å². The molecule has 0 fully saturated rings. The molecule has 1 unspecified atom stereocenters. The van der Waals surface area contributed by atoms with E-state index in [4.69, 9.17) is 10.2 Å². The highest BCUT2D eigenvalue weighted by Gasteiger charge is 2.22. The summed E-state index contributed by atoms with van der Waals surface area (Å²) in [6.07, 6.45) is -0.110. The van der Waals surface area contributed by atoms with E-state index in [0.717, 1.165) is 22.3 Å². The van der Waals surface area contributed by atoms with E-state index in [2.05, 4.69) is 36.2 Å². The third-order valence-corrected chi connectivity index (χ3v) is 4.15. The molecular weight excluding hydrogens is 296 g/mol. The lowest BCUT2D eigenvalue weighted by Crippen LogP contribution is -2.31. The number of anilines is 1. The van der Waals surface area contributed by atoms with Crippen LogP contribution in [0.3, 0.4) is 0 Å². The minimum Gasteiger partial charge on any atom is -0.348 e. The second-order valence-corrected chi connectivity index (χ2v) is 5.74. The molecule has 4 aromatic rings. The molecule has 0 aliphatic heterocycles. The summed E-state index contributed by atoms with van der Waals surface area (Å²) >= 11 is 0. The molecule has 0 radical (unpaired) electrons. The maximum atomic E-state index is 4.70. The Labute approximate surface area is 141 Å². The van der Waals surface area contributed by atoms with E-state index in [1.807, 2.05) is 60.7 Å². The van der Waals surface area contributed by atoms with E-state index in [9.17, 15) is 0 Å². The number of benzene rings is 3. The molecule has 24 heavy (non-hydrogen) atoms. The van der Waals surface area contributed by atoms with Crippen molar-refractivity contribution in [2.24, 2.45) is 0 Å². The van der Waals surface area contributed by atoms with Gasteiger partial charge in [-0.15, -0.1) is 0 Å². The number of hydrogen-bond donors (Lipinski definition) is 0. The zero-order valence-corrected chi connectivity index (χ0v) is 13.4. The number of rotatable bonds is 4. The summed E-state index contributed by atoms with van der Waals surface area (Å²) in [6.45, 7) is 0. The first-order valence-electron chi connectivity index (χ1n) is 7.97. The normalized spacial score (nSPS) is 12.2. The number of nitrogens with zero attached hydrogens (tertiary/aromatic N) is 4. The molecule has 0 bridgehead atoms. The van der Waals surface area contributed by atoms with Crippen LogP contribution >= 0.6 is 0 Å². The minimum atomic E-state index is -0.110. The highest BCUT2D eigenvalue weighted by atomic mass is 15.5. The Morgan fingerprint density at radius 2 is 1.21 bits per heavy atom. The Morgan fingerprint density at radius 1 is 0.708 bits per heavy atom. The molecule has 1 heterocycles. The van der Waals surface area contributed by atoms with Gasteiger partial charge in [-0.05, 0) is 29.8 Å². The van der Waals surface area contributed by atoms with Crippen LogP contribution in [-0.4, -0.2) is 22.0 Å². The van der Waals surface area contributed by atoms with Gasteiger partial charge in [-0.3, -0.25) is 0 Å². The smallest absolute Gasteiger partial charge is 0.168 e.